The van der Waals surface area contributed by atoms with Gasteiger partial charge in [0.25, 0.3) is 0 Å². The second-order valence-electron chi connectivity index (χ2n) is 9.08. The molecule has 1 aliphatic heterocycles. The van der Waals surface area contributed by atoms with Crippen molar-refractivity contribution in [2.45, 2.75) is 26.1 Å². The number of cyclic esters (lactones) is 1. The lowest BCUT2D eigenvalue weighted by atomic mass is 10.0. The number of amides is 2. The van der Waals surface area contributed by atoms with Crippen molar-refractivity contribution >= 4 is 23.4 Å². The van der Waals surface area contributed by atoms with Crippen molar-refractivity contribution in [2.75, 3.05) is 37.0 Å². The quantitative estimate of drug-likeness (QED) is 0.468. The maximum absolute atomic E-state index is 15.0. The number of halogens is 1. The predicted molar refractivity (Wildman–Crippen MR) is 139 cm³/mol. The molecule has 0 spiro atoms. The molecule has 1 heterocycles. The van der Waals surface area contributed by atoms with Gasteiger partial charge in [-0.2, -0.15) is 0 Å². The highest BCUT2D eigenvalue weighted by Gasteiger charge is 2.32. The number of rotatable bonds is 9. The highest BCUT2D eigenvalue weighted by molar-refractivity contribution is 5.90. The maximum atomic E-state index is 15.0. The molecule has 7 nitrogen and oxygen atoms in total. The monoisotopic (exact) mass is 490 g/mol. The Morgan fingerprint density at radius 2 is 1.67 bits per heavy atom. The van der Waals surface area contributed by atoms with Gasteiger partial charge in [-0.05, 0) is 47.0 Å². The summed E-state index contributed by atoms with van der Waals surface area (Å²) in [5.41, 5.74) is 5.12. The van der Waals surface area contributed by atoms with Crippen LogP contribution < -0.4 is 20.4 Å². The van der Waals surface area contributed by atoms with E-state index in [-0.39, 0.29) is 19.0 Å². The first-order valence-electron chi connectivity index (χ1n) is 11.9. The molecule has 0 unspecified atom stereocenters. The van der Waals surface area contributed by atoms with Crippen LogP contribution in [-0.2, 0) is 22.6 Å². The number of carbonyl (C=O) groups is 2. The van der Waals surface area contributed by atoms with Gasteiger partial charge in [0.15, 0.2) is 0 Å². The van der Waals surface area contributed by atoms with E-state index >= 15 is 0 Å². The van der Waals surface area contributed by atoms with Crippen molar-refractivity contribution in [3.63, 3.8) is 0 Å². The van der Waals surface area contributed by atoms with Crippen molar-refractivity contribution < 1.29 is 18.7 Å². The molecular formula is C28H31FN4O3. The smallest absolute Gasteiger partial charge is 0.414 e. The molecule has 1 atom stereocenters. The average molecular weight is 491 g/mol. The van der Waals surface area contributed by atoms with E-state index in [2.05, 4.69) is 39.8 Å². The topological polar surface area (TPSA) is 73.9 Å². The van der Waals surface area contributed by atoms with Gasteiger partial charge in [0.05, 0.1) is 18.8 Å². The van der Waals surface area contributed by atoms with E-state index in [0.29, 0.717) is 17.8 Å². The SMILES string of the molecule is CC(=O)NC[C@H]1CN(c2ccc(-c3ccc(CNCc4ccc(N(C)C)cc4)cc3)c(F)c2)C(=O)O1. The molecule has 1 saturated heterocycles. The first kappa shape index (κ1) is 25.2. The number of nitrogens with zero attached hydrogens (tertiary/aromatic N) is 2. The molecule has 188 valence electrons. The van der Waals surface area contributed by atoms with Gasteiger partial charge in [-0.3, -0.25) is 9.69 Å². The molecule has 0 saturated carbocycles. The Morgan fingerprint density at radius 3 is 2.25 bits per heavy atom. The van der Waals surface area contributed by atoms with Crippen LogP contribution in [0.3, 0.4) is 0 Å². The summed E-state index contributed by atoms with van der Waals surface area (Å²) in [7, 11) is 4.04. The highest BCUT2D eigenvalue weighted by Crippen LogP contribution is 2.29. The fourth-order valence-corrected chi connectivity index (χ4v) is 4.07. The number of anilines is 2. The number of benzene rings is 3. The van der Waals surface area contributed by atoms with Gasteiger partial charge < -0.3 is 20.3 Å². The molecule has 2 amide bonds. The Hall–Kier alpha value is -3.91. The largest absolute Gasteiger partial charge is 0.442 e. The minimum Gasteiger partial charge on any atom is -0.442 e. The van der Waals surface area contributed by atoms with Crippen LogP contribution in [0.25, 0.3) is 11.1 Å². The number of hydrogen-bond donors (Lipinski definition) is 2. The van der Waals surface area contributed by atoms with E-state index in [1.807, 2.05) is 38.4 Å². The number of hydrogen-bond acceptors (Lipinski definition) is 5. The first-order valence-corrected chi connectivity index (χ1v) is 11.9. The molecule has 36 heavy (non-hydrogen) atoms. The Balaban J connectivity index is 1.34. The summed E-state index contributed by atoms with van der Waals surface area (Å²) in [4.78, 5) is 26.8. The molecule has 1 aliphatic rings. The van der Waals surface area contributed by atoms with Crippen LogP contribution in [0.2, 0.25) is 0 Å². The molecule has 8 heteroatoms. The molecule has 1 fully saturated rings. The van der Waals surface area contributed by atoms with Crippen LogP contribution >= 0.6 is 0 Å². The van der Waals surface area contributed by atoms with Crippen LogP contribution in [0, 0.1) is 5.82 Å². The minimum atomic E-state index is -0.553. The van der Waals surface area contributed by atoms with Crippen LogP contribution in [-0.4, -0.2) is 45.3 Å². The predicted octanol–water partition coefficient (Wildman–Crippen LogP) is 4.31. The zero-order chi connectivity index (χ0) is 25.7. The van der Waals surface area contributed by atoms with E-state index in [1.165, 1.54) is 29.1 Å². The van der Waals surface area contributed by atoms with Gasteiger partial charge in [-0.1, -0.05) is 36.4 Å². The Bertz CT molecular complexity index is 1210. The zero-order valence-corrected chi connectivity index (χ0v) is 20.8. The lowest BCUT2D eigenvalue weighted by Crippen LogP contribution is -2.33. The molecule has 4 rings (SSSR count). The van der Waals surface area contributed by atoms with Crippen molar-refractivity contribution in [3.8, 4) is 11.1 Å². The molecule has 3 aromatic carbocycles. The third kappa shape index (κ3) is 6.20. The average Bonchev–Trinajstić information content (AvgIpc) is 3.24. The van der Waals surface area contributed by atoms with Crippen molar-refractivity contribution in [2.24, 2.45) is 0 Å². The second kappa shape index (κ2) is 11.2. The first-order chi connectivity index (χ1) is 17.3. The maximum Gasteiger partial charge on any atom is 0.414 e. The number of carbonyl (C=O) groups excluding carboxylic acids is 2. The summed E-state index contributed by atoms with van der Waals surface area (Å²) in [6.45, 7) is 3.34. The Labute approximate surface area is 210 Å². The summed E-state index contributed by atoms with van der Waals surface area (Å²) in [5.74, 6) is -0.616. The molecule has 0 radical (unpaired) electrons. The summed E-state index contributed by atoms with van der Waals surface area (Å²) in [5, 5.41) is 6.07. The highest BCUT2D eigenvalue weighted by atomic mass is 19.1. The molecule has 0 bridgehead atoms. The minimum absolute atomic E-state index is 0.198. The summed E-state index contributed by atoms with van der Waals surface area (Å²) >= 11 is 0. The van der Waals surface area contributed by atoms with E-state index in [9.17, 15) is 14.0 Å². The van der Waals surface area contributed by atoms with E-state index < -0.39 is 18.0 Å². The number of nitrogens with one attached hydrogen (secondary N) is 2. The van der Waals surface area contributed by atoms with E-state index in [4.69, 9.17) is 4.74 Å². The van der Waals surface area contributed by atoms with Crippen LogP contribution in [0.4, 0.5) is 20.6 Å². The van der Waals surface area contributed by atoms with Gasteiger partial charge in [0, 0.05) is 45.4 Å². The van der Waals surface area contributed by atoms with E-state index in [1.54, 1.807) is 12.1 Å². The lowest BCUT2D eigenvalue weighted by Gasteiger charge is -2.15. The Morgan fingerprint density at radius 1 is 1.03 bits per heavy atom. The van der Waals surface area contributed by atoms with Crippen LogP contribution in [0.15, 0.2) is 66.7 Å². The second-order valence-corrected chi connectivity index (χ2v) is 9.08. The molecular weight excluding hydrogens is 459 g/mol. The van der Waals surface area contributed by atoms with Crippen molar-refractivity contribution in [1.29, 1.82) is 0 Å². The third-order valence-corrected chi connectivity index (χ3v) is 6.09. The normalized spacial score (nSPS) is 15.1. The summed E-state index contributed by atoms with van der Waals surface area (Å²) in [6, 6.07) is 20.9. The third-order valence-electron chi connectivity index (χ3n) is 6.09. The van der Waals surface area contributed by atoms with Crippen LogP contribution in [0.1, 0.15) is 18.1 Å². The summed E-state index contributed by atoms with van der Waals surface area (Å²) in [6.07, 6.45) is -1.02. The fraction of sp³-hybridized carbons (Fsp3) is 0.286. The molecule has 3 aromatic rings. The fourth-order valence-electron chi connectivity index (χ4n) is 4.07. The van der Waals surface area contributed by atoms with Crippen LogP contribution in [0.5, 0.6) is 0 Å². The number of ether oxygens (including phenoxy) is 1. The van der Waals surface area contributed by atoms with Gasteiger partial charge >= 0.3 is 6.09 Å². The Kier molecular flexibility index (Phi) is 7.85. The zero-order valence-electron chi connectivity index (χ0n) is 20.8. The standard InChI is InChI=1S/C28H31FN4O3/c1-19(34)31-17-25-18-33(28(35)36-25)24-12-13-26(27(29)14-24)22-8-4-20(5-9-22)15-30-16-21-6-10-23(11-7-21)32(2)3/h4-14,25,30H,15-18H2,1-3H3,(H,31,34)/t25-/m0/s1. The van der Waals surface area contributed by atoms with Crippen molar-refractivity contribution in [1.82, 2.24) is 10.6 Å². The van der Waals surface area contributed by atoms with Gasteiger partial charge in [0.1, 0.15) is 11.9 Å². The summed E-state index contributed by atoms with van der Waals surface area (Å²) < 4.78 is 20.2. The van der Waals surface area contributed by atoms with Gasteiger partial charge in [0.2, 0.25) is 5.91 Å². The van der Waals surface area contributed by atoms with Crippen molar-refractivity contribution in [3.05, 3.63) is 83.7 Å². The van der Waals surface area contributed by atoms with Gasteiger partial charge in [-0.15, -0.1) is 0 Å². The molecule has 2 N–H and O–H groups in total. The molecule has 0 aromatic heterocycles. The molecule has 0 aliphatic carbocycles. The van der Waals surface area contributed by atoms with Gasteiger partial charge in [-0.25, -0.2) is 9.18 Å². The van der Waals surface area contributed by atoms with E-state index in [0.717, 1.165) is 17.7 Å². The lowest BCUT2D eigenvalue weighted by molar-refractivity contribution is -0.119.